The van der Waals surface area contributed by atoms with E-state index in [1.165, 1.54) is 6.07 Å². The maximum Gasteiger partial charge on any atom is 0.242 e. The standard InChI is InChI=1S/C9H11Br2NO3S/c1-6(5-13)12-16(14,15)9-4-7(10)2-3-8(9)11/h2-4,6,12-13H,5H2,1H3/t6-/m0/s1. The fourth-order valence-corrected chi connectivity index (χ4v) is 3.79. The Kier molecular flexibility index (Phi) is 4.93. The van der Waals surface area contributed by atoms with Gasteiger partial charge in [-0.15, -0.1) is 0 Å². The van der Waals surface area contributed by atoms with Crippen LogP contribution in [-0.2, 0) is 10.0 Å². The summed E-state index contributed by atoms with van der Waals surface area (Å²) in [5.74, 6) is 0. The number of aliphatic hydroxyl groups excluding tert-OH is 1. The molecule has 1 aromatic carbocycles. The Hall–Kier alpha value is 0.0500. The number of hydrogen-bond acceptors (Lipinski definition) is 3. The summed E-state index contributed by atoms with van der Waals surface area (Å²) in [6, 6.07) is 4.35. The van der Waals surface area contributed by atoms with Gasteiger partial charge in [-0.1, -0.05) is 15.9 Å². The fraction of sp³-hybridized carbons (Fsp3) is 0.333. The van der Waals surface area contributed by atoms with E-state index in [0.29, 0.717) is 8.95 Å². The molecule has 0 radical (unpaired) electrons. The summed E-state index contributed by atoms with van der Waals surface area (Å²) in [4.78, 5) is 0.141. The topological polar surface area (TPSA) is 66.4 Å². The van der Waals surface area contributed by atoms with Gasteiger partial charge in [-0.3, -0.25) is 0 Å². The van der Waals surface area contributed by atoms with Crippen LogP contribution in [0.1, 0.15) is 6.92 Å². The average Bonchev–Trinajstić information content (AvgIpc) is 2.20. The third-order valence-corrected chi connectivity index (χ3v) is 4.89. The number of aliphatic hydroxyl groups is 1. The second-order valence-corrected chi connectivity index (χ2v) is 6.73. The fourth-order valence-electron chi connectivity index (χ4n) is 1.05. The molecular weight excluding hydrogens is 362 g/mol. The van der Waals surface area contributed by atoms with Gasteiger partial charge in [-0.2, -0.15) is 0 Å². The van der Waals surface area contributed by atoms with Gasteiger partial charge in [0.05, 0.1) is 11.5 Å². The lowest BCUT2D eigenvalue weighted by molar-refractivity contribution is 0.265. The highest BCUT2D eigenvalue weighted by atomic mass is 79.9. The number of hydrogen-bond donors (Lipinski definition) is 2. The molecule has 90 valence electrons. The molecule has 0 aromatic heterocycles. The molecule has 0 unspecified atom stereocenters. The van der Waals surface area contributed by atoms with Gasteiger partial charge in [0.2, 0.25) is 10.0 Å². The molecule has 0 spiro atoms. The maximum absolute atomic E-state index is 11.9. The molecule has 7 heteroatoms. The van der Waals surface area contributed by atoms with Gasteiger partial charge in [-0.05, 0) is 41.1 Å². The molecule has 1 atom stereocenters. The molecule has 1 aromatic rings. The van der Waals surface area contributed by atoms with E-state index in [2.05, 4.69) is 36.6 Å². The van der Waals surface area contributed by atoms with Gasteiger partial charge in [0.1, 0.15) is 0 Å². The van der Waals surface area contributed by atoms with Crippen LogP contribution in [0.15, 0.2) is 32.0 Å². The van der Waals surface area contributed by atoms with Gasteiger partial charge < -0.3 is 5.11 Å². The lowest BCUT2D eigenvalue weighted by Crippen LogP contribution is -2.35. The minimum atomic E-state index is -3.61. The lowest BCUT2D eigenvalue weighted by atomic mass is 10.4. The first kappa shape index (κ1) is 14.1. The minimum absolute atomic E-state index is 0.141. The maximum atomic E-state index is 11.9. The summed E-state index contributed by atoms with van der Waals surface area (Å²) in [6.45, 7) is 1.34. The average molecular weight is 373 g/mol. The van der Waals surface area contributed by atoms with Crippen LogP contribution in [0.3, 0.4) is 0 Å². The van der Waals surface area contributed by atoms with Crippen molar-refractivity contribution >= 4 is 41.9 Å². The largest absolute Gasteiger partial charge is 0.395 e. The summed E-state index contributed by atoms with van der Waals surface area (Å²) >= 11 is 6.39. The van der Waals surface area contributed by atoms with Crippen molar-refractivity contribution in [2.24, 2.45) is 0 Å². The quantitative estimate of drug-likeness (QED) is 0.847. The Morgan fingerprint density at radius 3 is 2.62 bits per heavy atom. The third-order valence-electron chi connectivity index (χ3n) is 1.81. The van der Waals surface area contributed by atoms with Crippen LogP contribution < -0.4 is 4.72 Å². The number of benzene rings is 1. The van der Waals surface area contributed by atoms with Crippen LogP contribution in [0.2, 0.25) is 0 Å². The summed E-state index contributed by atoms with van der Waals surface area (Å²) < 4.78 is 27.3. The van der Waals surface area contributed by atoms with Crippen molar-refractivity contribution in [3.8, 4) is 0 Å². The zero-order valence-electron chi connectivity index (χ0n) is 8.44. The molecule has 0 amide bonds. The second kappa shape index (κ2) is 5.59. The van der Waals surface area contributed by atoms with Crippen molar-refractivity contribution in [1.82, 2.24) is 4.72 Å². The zero-order chi connectivity index (χ0) is 12.3. The van der Waals surface area contributed by atoms with E-state index in [4.69, 9.17) is 5.11 Å². The second-order valence-electron chi connectivity index (χ2n) is 3.28. The number of halogens is 2. The Morgan fingerprint density at radius 2 is 2.06 bits per heavy atom. The summed E-state index contributed by atoms with van der Waals surface area (Å²) in [5, 5.41) is 8.82. The van der Waals surface area contributed by atoms with Gasteiger partial charge in [0.25, 0.3) is 0 Å². The number of sulfonamides is 1. The zero-order valence-corrected chi connectivity index (χ0v) is 12.4. The van der Waals surface area contributed by atoms with E-state index in [9.17, 15) is 8.42 Å². The van der Waals surface area contributed by atoms with Gasteiger partial charge in [0.15, 0.2) is 0 Å². The predicted octanol–water partition coefficient (Wildman–Crippen LogP) is 1.87. The van der Waals surface area contributed by atoms with Crippen LogP contribution in [0.4, 0.5) is 0 Å². The molecule has 2 N–H and O–H groups in total. The predicted molar refractivity (Wildman–Crippen MR) is 68.7 cm³/mol. The molecule has 0 aliphatic heterocycles. The molecule has 0 aliphatic rings. The van der Waals surface area contributed by atoms with E-state index >= 15 is 0 Å². The molecule has 4 nitrogen and oxygen atoms in total. The van der Waals surface area contributed by atoms with Crippen molar-refractivity contribution in [3.05, 3.63) is 27.1 Å². The number of rotatable bonds is 4. The molecule has 0 aliphatic carbocycles. The van der Waals surface area contributed by atoms with Crippen LogP contribution >= 0.6 is 31.9 Å². The Labute approximate surface area is 111 Å². The SMILES string of the molecule is C[C@@H](CO)NS(=O)(=O)c1cc(Br)ccc1Br. The molecule has 0 saturated carbocycles. The van der Waals surface area contributed by atoms with Crippen LogP contribution in [-0.4, -0.2) is 26.2 Å². The first-order valence-electron chi connectivity index (χ1n) is 4.45. The molecular formula is C9H11Br2NO3S. The van der Waals surface area contributed by atoms with Gasteiger partial charge in [0, 0.05) is 15.0 Å². The summed E-state index contributed by atoms with van der Waals surface area (Å²) in [5.41, 5.74) is 0. The number of nitrogens with one attached hydrogen (secondary N) is 1. The van der Waals surface area contributed by atoms with Crippen molar-refractivity contribution in [3.63, 3.8) is 0 Å². The van der Waals surface area contributed by atoms with Crippen molar-refractivity contribution in [2.75, 3.05) is 6.61 Å². The van der Waals surface area contributed by atoms with Crippen LogP contribution in [0.5, 0.6) is 0 Å². The molecule has 0 bridgehead atoms. The Balaban J connectivity index is 3.12. The Bertz CT molecular complexity index is 476. The van der Waals surface area contributed by atoms with Crippen molar-refractivity contribution in [1.29, 1.82) is 0 Å². The van der Waals surface area contributed by atoms with E-state index in [1.54, 1.807) is 19.1 Å². The van der Waals surface area contributed by atoms with Crippen molar-refractivity contribution in [2.45, 2.75) is 17.9 Å². The first-order valence-corrected chi connectivity index (χ1v) is 7.52. The van der Waals surface area contributed by atoms with E-state index in [0.717, 1.165) is 0 Å². The van der Waals surface area contributed by atoms with E-state index < -0.39 is 16.1 Å². The highest BCUT2D eigenvalue weighted by molar-refractivity contribution is 9.11. The summed E-state index contributed by atoms with van der Waals surface area (Å²) in [7, 11) is -3.61. The molecule has 0 saturated heterocycles. The van der Waals surface area contributed by atoms with Gasteiger partial charge >= 0.3 is 0 Å². The normalized spacial score (nSPS) is 13.8. The van der Waals surface area contributed by atoms with Crippen molar-refractivity contribution < 1.29 is 13.5 Å². The smallest absolute Gasteiger partial charge is 0.242 e. The van der Waals surface area contributed by atoms with Crippen LogP contribution in [0.25, 0.3) is 0 Å². The molecule has 16 heavy (non-hydrogen) atoms. The molecule has 0 heterocycles. The third kappa shape index (κ3) is 3.53. The van der Waals surface area contributed by atoms with E-state index in [1.807, 2.05) is 0 Å². The summed E-state index contributed by atoms with van der Waals surface area (Å²) in [6.07, 6.45) is 0. The highest BCUT2D eigenvalue weighted by Crippen LogP contribution is 2.25. The van der Waals surface area contributed by atoms with Gasteiger partial charge in [-0.25, -0.2) is 13.1 Å². The van der Waals surface area contributed by atoms with Crippen LogP contribution in [0, 0.1) is 0 Å². The minimum Gasteiger partial charge on any atom is -0.395 e. The Morgan fingerprint density at radius 1 is 1.44 bits per heavy atom. The molecule has 0 fully saturated rings. The van der Waals surface area contributed by atoms with E-state index in [-0.39, 0.29) is 11.5 Å². The first-order chi connectivity index (χ1) is 7.36. The lowest BCUT2D eigenvalue weighted by Gasteiger charge is -2.12. The monoisotopic (exact) mass is 371 g/mol. The molecule has 1 rings (SSSR count). The highest BCUT2D eigenvalue weighted by Gasteiger charge is 2.19.